The maximum Gasteiger partial charge on any atom is 0.260 e. The Bertz CT molecular complexity index is 616. The van der Waals surface area contributed by atoms with Gasteiger partial charge in [0.15, 0.2) is 5.67 Å². The Morgan fingerprint density at radius 1 is 1.18 bits per heavy atom. The Kier molecular flexibility index (Phi) is 3.00. The summed E-state index contributed by atoms with van der Waals surface area (Å²) in [6.45, 7) is 5.32. The first-order valence-corrected chi connectivity index (χ1v) is 9.73. The van der Waals surface area contributed by atoms with Crippen LogP contribution in [0, 0.1) is 17.8 Å². The molecule has 0 N–H and O–H groups in total. The summed E-state index contributed by atoms with van der Waals surface area (Å²) in [5.74, 6) is -0.123. The normalized spacial score (nSPS) is 41.7. The Labute approximate surface area is 130 Å². The molecule has 4 aliphatic rings. The molecule has 0 spiro atoms. The maximum absolute atomic E-state index is 14.0. The molecule has 2 aliphatic carbocycles. The highest BCUT2D eigenvalue weighted by atomic mass is 32.2. The van der Waals surface area contributed by atoms with Crippen LogP contribution in [-0.4, -0.2) is 60.1 Å². The Balaban J connectivity index is 1.59. The van der Waals surface area contributed by atoms with Crippen LogP contribution in [0.5, 0.6) is 0 Å². The predicted octanol–water partition coefficient (Wildman–Crippen LogP) is 1.01. The van der Waals surface area contributed by atoms with Gasteiger partial charge in [0, 0.05) is 25.7 Å². The van der Waals surface area contributed by atoms with Crippen LogP contribution in [0.15, 0.2) is 0 Å². The van der Waals surface area contributed by atoms with Gasteiger partial charge in [-0.2, -0.15) is 4.31 Å². The molecule has 124 valence electrons. The summed E-state index contributed by atoms with van der Waals surface area (Å²) >= 11 is 0. The molecule has 2 saturated carbocycles. The lowest BCUT2D eigenvalue weighted by Crippen LogP contribution is -2.48. The number of carbonyl (C=O) groups excluding carboxylic acids is 1. The van der Waals surface area contributed by atoms with Crippen LogP contribution >= 0.6 is 0 Å². The number of halogens is 1. The van der Waals surface area contributed by atoms with Gasteiger partial charge in [-0.15, -0.1) is 0 Å². The van der Waals surface area contributed by atoms with E-state index >= 15 is 0 Å². The van der Waals surface area contributed by atoms with E-state index in [1.165, 1.54) is 0 Å². The third kappa shape index (κ3) is 1.90. The van der Waals surface area contributed by atoms with Crippen LogP contribution in [0.1, 0.15) is 33.1 Å². The molecule has 2 bridgehead atoms. The number of likely N-dealkylation sites (tertiary alicyclic amines) is 1. The van der Waals surface area contributed by atoms with Crippen molar-refractivity contribution < 1.29 is 17.6 Å². The van der Waals surface area contributed by atoms with Crippen LogP contribution in [-0.2, 0) is 14.8 Å². The number of nitrogens with zero attached hydrogens (tertiary/aromatic N) is 2. The van der Waals surface area contributed by atoms with Crippen LogP contribution in [0.25, 0.3) is 0 Å². The molecule has 0 aromatic carbocycles. The Morgan fingerprint density at radius 2 is 1.82 bits per heavy atom. The number of piperidine rings is 1. The van der Waals surface area contributed by atoms with Crippen LogP contribution < -0.4 is 0 Å². The first-order chi connectivity index (χ1) is 10.2. The second-order valence-corrected chi connectivity index (χ2v) is 9.81. The standard InChI is InChI=1S/C15H23FN2O3S/c1-9(2)18-8-12-10-5-11(13(12)22(18,20)21)7-17(6-10)14(19)15(16)3-4-15/h9-13H,3-8H2,1-2H3. The minimum absolute atomic E-state index is 0.0189. The fourth-order valence-electron chi connectivity index (χ4n) is 4.81. The minimum Gasteiger partial charge on any atom is -0.339 e. The number of hydrogen-bond donors (Lipinski definition) is 0. The van der Waals surface area contributed by atoms with Crippen molar-refractivity contribution in [1.82, 2.24) is 9.21 Å². The number of hydrogen-bond acceptors (Lipinski definition) is 3. The summed E-state index contributed by atoms with van der Waals surface area (Å²) in [6, 6.07) is -0.0189. The molecule has 2 heterocycles. The molecule has 1 amide bonds. The first kappa shape index (κ1) is 14.9. The van der Waals surface area contributed by atoms with E-state index in [-0.39, 0.29) is 29.0 Å². The second-order valence-electron chi connectivity index (χ2n) is 7.77. The number of fused-ring (bicyclic) bond motifs is 5. The summed E-state index contributed by atoms with van der Waals surface area (Å²) < 4.78 is 41.3. The number of alkyl halides is 1. The van der Waals surface area contributed by atoms with Crippen molar-refractivity contribution in [1.29, 1.82) is 0 Å². The lowest BCUT2D eigenvalue weighted by atomic mass is 9.93. The smallest absolute Gasteiger partial charge is 0.260 e. The van der Waals surface area contributed by atoms with E-state index in [0.717, 1.165) is 6.42 Å². The maximum atomic E-state index is 14.0. The van der Waals surface area contributed by atoms with Gasteiger partial charge < -0.3 is 4.90 Å². The molecule has 4 rings (SSSR count). The summed E-state index contributed by atoms with van der Waals surface area (Å²) in [5.41, 5.74) is -1.64. The monoisotopic (exact) mass is 330 g/mol. The van der Waals surface area contributed by atoms with Crippen molar-refractivity contribution in [2.24, 2.45) is 17.8 Å². The SMILES string of the molecule is CC(C)N1CC2C3CC(CN(C(=O)C4(F)CC4)C3)C2S1(=O)=O. The van der Waals surface area contributed by atoms with E-state index in [1.807, 2.05) is 13.8 Å². The molecule has 2 aliphatic heterocycles. The zero-order chi connectivity index (χ0) is 15.9. The molecule has 4 atom stereocenters. The molecule has 5 nitrogen and oxygen atoms in total. The largest absolute Gasteiger partial charge is 0.339 e. The van der Waals surface area contributed by atoms with E-state index in [9.17, 15) is 17.6 Å². The van der Waals surface area contributed by atoms with Crippen molar-refractivity contribution in [3.05, 3.63) is 0 Å². The molecule has 4 fully saturated rings. The highest BCUT2D eigenvalue weighted by Crippen LogP contribution is 2.51. The van der Waals surface area contributed by atoms with Crippen molar-refractivity contribution in [3.63, 3.8) is 0 Å². The summed E-state index contributed by atoms with van der Waals surface area (Å²) in [7, 11) is -3.29. The average molecular weight is 330 g/mol. The molecule has 0 aromatic rings. The van der Waals surface area contributed by atoms with Gasteiger partial charge in [0.25, 0.3) is 5.91 Å². The van der Waals surface area contributed by atoms with E-state index in [2.05, 4.69) is 0 Å². The molecule has 2 saturated heterocycles. The lowest BCUT2D eigenvalue weighted by Gasteiger charge is -2.35. The number of amides is 1. The van der Waals surface area contributed by atoms with Crippen LogP contribution in [0.4, 0.5) is 4.39 Å². The van der Waals surface area contributed by atoms with Crippen molar-refractivity contribution >= 4 is 15.9 Å². The molecular formula is C15H23FN2O3S. The molecular weight excluding hydrogens is 307 g/mol. The van der Waals surface area contributed by atoms with Gasteiger partial charge in [-0.05, 0) is 50.9 Å². The highest BCUT2D eigenvalue weighted by molar-refractivity contribution is 7.90. The zero-order valence-electron chi connectivity index (χ0n) is 13.0. The third-order valence-corrected chi connectivity index (χ3v) is 8.65. The van der Waals surface area contributed by atoms with Gasteiger partial charge in [0.05, 0.1) is 5.25 Å². The molecule has 0 radical (unpaired) electrons. The van der Waals surface area contributed by atoms with E-state index in [0.29, 0.717) is 32.5 Å². The summed E-state index contributed by atoms with van der Waals surface area (Å²) in [5, 5.41) is -0.368. The predicted molar refractivity (Wildman–Crippen MR) is 79.3 cm³/mol. The van der Waals surface area contributed by atoms with Gasteiger partial charge in [-0.25, -0.2) is 12.8 Å². The van der Waals surface area contributed by atoms with Crippen LogP contribution in [0.3, 0.4) is 0 Å². The topological polar surface area (TPSA) is 57.7 Å². The van der Waals surface area contributed by atoms with E-state index in [1.54, 1.807) is 9.21 Å². The Morgan fingerprint density at radius 3 is 2.41 bits per heavy atom. The number of rotatable bonds is 2. The fourth-order valence-corrected chi connectivity index (χ4v) is 7.52. The van der Waals surface area contributed by atoms with Gasteiger partial charge in [0.2, 0.25) is 10.0 Å². The van der Waals surface area contributed by atoms with Gasteiger partial charge in [0.1, 0.15) is 0 Å². The molecule has 0 aromatic heterocycles. The summed E-state index contributed by atoms with van der Waals surface area (Å²) in [6.07, 6.45) is 1.51. The summed E-state index contributed by atoms with van der Waals surface area (Å²) in [4.78, 5) is 13.9. The van der Waals surface area contributed by atoms with Gasteiger partial charge in [-0.3, -0.25) is 4.79 Å². The fraction of sp³-hybridized carbons (Fsp3) is 0.933. The number of sulfonamides is 1. The average Bonchev–Trinajstić information content (AvgIpc) is 3.04. The minimum atomic E-state index is -3.29. The first-order valence-electron chi connectivity index (χ1n) is 8.23. The third-order valence-electron chi connectivity index (χ3n) is 6.00. The second kappa shape index (κ2) is 4.44. The van der Waals surface area contributed by atoms with Crippen LogP contribution in [0.2, 0.25) is 0 Å². The molecule has 22 heavy (non-hydrogen) atoms. The van der Waals surface area contributed by atoms with E-state index in [4.69, 9.17) is 0 Å². The van der Waals surface area contributed by atoms with Gasteiger partial charge >= 0.3 is 0 Å². The molecule has 4 unspecified atom stereocenters. The van der Waals surface area contributed by atoms with Crippen molar-refractivity contribution in [3.8, 4) is 0 Å². The molecule has 7 heteroatoms. The number of carbonyl (C=O) groups is 1. The van der Waals surface area contributed by atoms with E-state index < -0.39 is 21.6 Å². The van der Waals surface area contributed by atoms with Crippen molar-refractivity contribution in [2.45, 2.75) is 50.1 Å². The van der Waals surface area contributed by atoms with Gasteiger partial charge in [-0.1, -0.05) is 0 Å². The zero-order valence-corrected chi connectivity index (χ0v) is 13.9. The van der Waals surface area contributed by atoms with Crippen molar-refractivity contribution in [2.75, 3.05) is 19.6 Å². The quantitative estimate of drug-likeness (QED) is 0.759. The highest BCUT2D eigenvalue weighted by Gasteiger charge is 2.62. The Hall–Kier alpha value is -0.690. The lowest BCUT2D eigenvalue weighted by molar-refractivity contribution is -0.140.